The molecule has 1 amide bonds. The number of nitrogens with zero attached hydrogens (tertiary/aromatic N) is 3. The third kappa shape index (κ3) is 7.45. The average molecular weight is 544 g/mol. The largest absolute Gasteiger partial charge is 0.496 e. The van der Waals surface area contributed by atoms with Gasteiger partial charge in [-0.3, -0.25) is 9.69 Å². The number of nitrogens with one attached hydrogen (secondary N) is 3. The van der Waals surface area contributed by atoms with Gasteiger partial charge in [0.25, 0.3) is 5.91 Å². The highest BCUT2D eigenvalue weighted by Gasteiger charge is 2.26. The fourth-order valence-electron chi connectivity index (χ4n) is 4.79. The average Bonchev–Trinajstić information content (AvgIpc) is 3.30. The number of anilines is 1. The Morgan fingerprint density at radius 1 is 1.20 bits per heavy atom. The summed E-state index contributed by atoms with van der Waals surface area (Å²) in [5.74, 6) is 0.850. The normalized spacial score (nSPS) is 14.9. The minimum atomic E-state index is -0.253. The Morgan fingerprint density at radius 3 is 2.50 bits per heavy atom. The van der Waals surface area contributed by atoms with E-state index in [0.29, 0.717) is 47.9 Å². The minimum absolute atomic E-state index is 0.0806. The van der Waals surface area contributed by atoms with E-state index in [9.17, 15) is 4.79 Å². The van der Waals surface area contributed by atoms with Crippen molar-refractivity contribution < 1.29 is 9.53 Å². The number of hydrogen-bond acceptors (Lipinski definition) is 7. The summed E-state index contributed by atoms with van der Waals surface area (Å²) in [4.78, 5) is 24.7. The number of methoxy groups -OCH3 is 1. The zero-order valence-corrected chi connectivity index (χ0v) is 24.4. The van der Waals surface area contributed by atoms with Crippen LogP contribution in [-0.2, 0) is 0 Å². The minimum Gasteiger partial charge on any atom is -0.496 e. The van der Waals surface area contributed by atoms with Gasteiger partial charge in [-0.1, -0.05) is 19.6 Å². The van der Waals surface area contributed by atoms with Gasteiger partial charge in [-0.15, -0.1) is 0 Å². The maximum absolute atomic E-state index is 13.2. The van der Waals surface area contributed by atoms with E-state index < -0.39 is 0 Å². The molecular weight excluding hydrogens is 502 g/mol. The number of ether oxygens (including phenoxy) is 1. The summed E-state index contributed by atoms with van der Waals surface area (Å²) in [7, 11) is 3.30. The number of hydrogen-bond donors (Lipinski definition) is 4. The molecule has 3 rings (SSSR count). The Balaban J connectivity index is 1.67. The van der Waals surface area contributed by atoms with Gasteiger partial charge in [0, 0.05) is 73.7 Å². The number of aryl methyl sites for hydroxylation is 2. The summed E-state index contributed by atoms with van der Waals surface area (Å²) >= 11 is 0. The van der Waals surface area contributed by atoms with Crippen molar-refractivity contribution in [3.8, 4) is 5.75 Å². The van der Waals surface area contributed by atoms with E-state index in [1.807, 2.05) is 19.1 Å². The molecule has 2 aromatic rings. The van der Waals surface area contributed by atoms with Gasteiger partial charge in [-0.2, -0.15) is 0 Å². The monoisotopic (exact) mass is 543 g/mol. The molecule has 0 saturated heterocycles. The summed E-state index contributed by atoms with van der Waals surface area (Å²) in [5.41, 5.74) is 13.6. The molecule has 1 aliphatic rings. The second kappa shape index (κ2) is 13.7. The fourth-order valence-corrected chi connectivity index (χ4v) is 4.79. The summed E-state index contributed by atoms with van der Waals surface area (Å²) < 4.78 is 5.49. The van der Waals surface area contributed by atoms with Gasteiger partial charge in [0.1, 0.15) is 11.6 Å². The molecule has 1 heterocycles. The number of rotatable bonds is 11. The summed E-state index contributed by atoms with van der Waals surface area (Å²) in [6.45, 7) is 13.7. The van der Waals surface area contributed by atoms with E-state index in [1.54, 1.807) is 25.4 Å². The second-order valence-corrected chi connectivity index (χ2v) is 10.0. The lowest BCUT2D eigenvalue weighted by atomic mass is 10.0. The molecule has 0 bridgehead atoms. The lowest BCUT2D eigenvalue weighted by molar-refractivity contribution is 0.0934. The molecule has 1 atom stereocenters. The van der Waals surface area contributed by atoms with Crippen LogP contribution in [0.4, 0.5) is 11.4 Å². The number of amidine groups is 1. The lowest BCUT2D eigenvalue weighted by Crippen LogP contribution is -2.43. The molecular formula is C31H41N7O2. The highest BCUT2D eigenvalue weighted by Crippen LogP contribution is 2.31. The standard InChI is InChI=1S/C31H41N7O2/c1-8-25(16-36-31(39)27-12-26(21(4)14-32)29(34-6)13-30(27)40-7)38-17-23(28(33)18-38)15-35-22(5)37-24-10-19(2)9-20(3)11-24/h9-15,25,32,34H,4,8,16-18,33H2,1-3,5-7H3,(H,36,39). The van der Waals surface area contributed by atoms with Crippen LogP contribution < -0.4 is 21.1 Å². The van der Waals surface area contributed by atoms with Crippen LogP contribution in [0.2, 0.25) is 0 Å². The van der Waals surface area contributed by atoms with E-state index in [1.165, 1.54) is 13.3 Å². The molecule has 0 aliphatic carbocycles. The number of amides is 1. The highest BCUT2D eigenvalue weighted by molar-refractivity contribution is 6.11. The first-order valence-corrected chi connectivity index (χ1v) is 13.4. The molecule has 5 N–H and O–H groups in total. The fraction of sp³-hybridized carbons (Fsp3) is 0.355. The first-order chi connectivity index (χ1) is 19.1. The van der Waals surface area contributed by atoms with Crippen molar-refractivity contribution in [3.05, 3.63) is 70.4 Å². The molecule has 0 aromatic heterocycles. The van der Waals surface area contributed by atoms with Gasteiger partial charge in [0.2, 0.25) is 0 Å². The van der Waals surface area contributed by atoms with Crippen LogP contribution >= 0.6 is 0 Å². The van der Waals surface area contributed by atoms with Gasteiger partial charge >= 0.3 is 0 Å². The van der Waals surface area contributed by atoms with E-state index in [0.717, 1.165) is 40.2 Å². The lowest BCUT2D eigenvalue weighted by Gasteiger charge is -2.27. The molecule has 0 spiro atoms. The first kappa shape index (κ1) is 30.3. The van der Waals surface area contributed by atoms with Crippen molar-refractivity contribution in [2.24, 2.45) is 15.7 Å². The van der Waals surface area contributed by atoms with Gasteiger partial charge in [-0.05, 0) is 62.1 Å². The molecule has 1 unspecified atom stereocenters. The number of benzene rings is 2. The number of allylic oxidation sites excluding steroid dienone is 1. The van der Waals surface area contributed by atoms with Crippen LogP contribution in [0.3, 0.4) is 0 Å². The molecule has 9 heteroatoms. The van der Waals surface area contributed by atoms with Gasteiger partial charge in [0.05, 0.1) is 18.4 Å². The van der Waals surface area contributed by atoms with Crippen molar-refractivity contribution in [1.82, 2.24) is 10.2 Å². The van der Waals surface area contributed by atoms with Gasteiger partial charge in [0.15, 0.2) is 0 Å². The molecule has 0 radical (unpaired) electrons. The zero-order valence-electron chi connectivity index (χ0n) is 24.4. The number of aliphatic imine (C=N–C) groups is 2. The van der Waals surface area contributed by atoms with E-state index in [2.05, 4.69) is 58.9 Å². The highest BCUT2D eigenvalue weighted by atomic mass is 16.5. The van der Waals surface area contributed by atoms with E-state index >= 15 is 0 Å². The van der Waals surface area contributed by atoms with E-state index in [4.69, 9.17) is 15.9 Å². The Morgan fingerprint density at radius 2 is 1.90 bits per heavy atom. The zero-order chi connectivity index (χ0) is 29.4. The van der Waals surface area contributed by atoms with Crippen molar-refractivity contribution in [2.45, 2.75) is 40.2 Å². The second-order valence-electron chi connectivity index (χ2n) is 10.0. The topological polar surface area (TPSA) is 128 Å². The third-order valence-corrected chi connectivity index (χ3v) is 6.92. The van der Waals surface area contributed by atoms with Crippen molar-refractivity contribution in [3.63, 3.8) is 0 Å². The van der Waals surface area contributed by atoms with Crippen molar-refractivity contribution in [1.29, 1.82) is 5.41 Å². The quantitative estimate of drug-likeness (QED) is 0.237. The molecule has 0 saturated carbocycles. The Labute approximate surface area is 237 Å². The molecule has 40 heavy (non-hydrogen) atoms. The number of carbonyl (C=O) groups excluding carboxylic acids is 1. The van der Waals surface area contributed by atoms with Crippen LogP contribution in [0.5, 0.6) is 5.75 Å². The van der Waals surface area contributed by atoms with Gasteiger partial charge < -0.3 is 26.5 Å². The Kier molecular flexibility index (Phi) is 10.4. The van der Waals surface area contributed by atoms with Crippen LogP contribution in [0, 0.1) is 19.3 Å². The molecule has 1 aliphatic heterocycles. The maximum Gasteiger partial charge on any atom is 0.255 e. The molecule has 2 aromatic carbocycles. The molecule has 212 valence electrons. The van der Waals surface area contributed by atoms with E-state index in [-0.39, 0.29) is 11.9 Å². The third-order valence-electron chi connectivity index (χ3n) is 6.92. The molecule has 0 fully saturated rings. The predicted octanol–water partition coefficient (Wildman–Crippen LogP) is 4.87. The Hall–Kier alpha value is -4.24. The van der Waals surface area contributed by atoms with Crippen molar-refractivity contribution >= 4 is 41.1 Å². The number of carbonyl (C=O) groups is 1. The van der Waals surface area contributed by atoms with Crippen LogP contribution in [-0.4, -0.2) is 68.9 Å². The number of nitrogens with two attached hydrogens (primary N) is 1. The van der Waals surface area contributed by atoms with Crippen LogP contribution in [0.15, 0.2) is 58.2 Å². The summed E-state index contributed by atoms with van der Waals surface area (Å²) in [5, 5.41) is 13.7. The molecule has 9 nitrogen and oxygen atoms in total. The Bertz CT molecular complexity index is 1350. The van der Waals surface area contributed by atoms with Crippen molar-refractivity contribution in [2.75, 3.05) is 39.1 Å². The predicted molar refractivity (Wildman–Crippen MR) is 167 cm³/mol. The summed E-state index contributed by atoms with van der Waals surface area (Å²) in [6.07, 6.45) is 3.80. The van der Waals surface area contributed by atoms with Crippen LogP contribution in [0.25, 0.3) is 5.57 Å². The maximum atomic E-state index is 13.2. The smallest absolute Gasteiger partial charge is 0.255 e. The first-order valence-electron chi connectivity index (χ1n) is 13.4. The SMILES string of the molecule is C=C(C=N)c1cc(C(=O)NCC(CC)N2CC(N)=C(C=NC(C)=Nc3cc(C)cc(C)c3)C2)c(OC)cc1NC. The summed E-state index contributed by atoms with van der Waals surface area (Å²) in [6, 6.07) is 9.72. The van der Waals surface area contributed by atoms with Gasteiger partial charge in [-0.25, -0.2) is 9.98 Å². The van der Waals surface area contributed by atoms with Crippen LogP contribution in [0.1, 0.15) is 47.3 Å².